The van der Waals surface area contributed by atoms with Gasteiger partial charge >= 0.3 is 5.97 Å². The number of pyridine rings is 1. The van der Waals surface area contributed by atoms with Crippen molar-refractivity contribution in [3.8, 4) is 5.75 Å². The van der Waals surface area contributed by atoms with E-state index in [4.69, 9.17) is 9.47 Å². The summed E-state index contributed by atoms with van der Waals surface area (Å²) in [5, 5.41) is 6.12. The van der Waals surface area contributed by atoms with E-state index in [-0.39, 0.29) is 5.69 Å². The van der Waals surface area contributed by atoms with Gasteiger partial charge in [0.15, 0.2) is 17.1 Å². The fourth-order valence-corrected chi connectivity index (χ4v) is 4.31. The van der Waals surface area contributed by atoms with E-state index in [0.717, 1.165) is 48.0 Å². The summed E-state index contributed by atoms with van der Waals surface area (Å²) in [6, 6.07) is 16.0. The smallest absolute Gasteiger partial charge is 0.360 e. The minimum atomic E-state index is -0.510. The summed E-state index contributed by atoms with van der Waals surface area (Å²) < 4.78 is 12.9. The summed E-state index contributed by atoms with van der Waals surface area (Å²) in [5.41, 5.74) is 2.98. The van der Waals surface area contributed by atoms with E-state index >= 15 is 0 Å². The highest BCUT2D eigenvalue weighted by molar-refractivity contribution is 6.10. The molecule has 0 bridgehead atoms. The Labute approximate surface area is 180 Å². The van der Waals surface area contributed by atoms with Crippen LogP contribution in [0.15, 0.2) is 54.9 Å². The number of hydrogen-bond acceptors (Lipinski definition) is 6. The van der Waals surface area contributed by atoms with Crippen LogP contribution in [0.25, 0.3) is 16.4 Å². The molecule has 1 fully saturated rings. The molecule has 1 aliphatic heterocycles. The number of hydrogen-bond donors (Lipinski definition) is 0. The molecule has 5 rings (SSSR count). The minimum Gasteiger partial charge on any atom is -0.486 e. The van der Waals surface area contributed by atoms with Gasteiger partial charge in [-0.1, -0.05) is 42.5 Å². The fraction of sp³-hybridized carbons (Fsp3) is 0.292. The minimum absolute atomic E-state index is 0.245. The summed E-state index contributed by atoms with van der Waals surface area (Å²) in [6.07, 6.45) is 5.04. The zero-order chi connectivity index (χ0) is 21.2. The van der Waals surface area contributed by atoms with E-state index in [2.05, 4.69) is 21.0 Å². The molecule has 2 aromatic heterocycles. The molecule has 2 aromatic carbocycles. The molecule has 0 atom stereocenters. The Morgan fingerprint density at radius 1 is 1.03 bits per heavy atom. The van der Waals surface area contributed by atoms with Gasteiger partial charge in [-0.3, -0.25) is 0 Å². The molecule has 0 spiro atoms. The van der Waals surface area contributed by atoms with Gasteiger partial charge in [0.25, 0.3) is 0 Å². The first-order valence-corrected chi connectivity index (χ1v) is 10.6. The molecule has 1 saturated heterocycles. The van der Waals surface area contributed by atoms with Crippen molar-refractivity contribution >= 4 is 28.1 Å². The van der Waals surface area contributed by atoms with Crippen LogP contribution in [0.2, 0.25) is 0 Å². The van der Waals surface area contributed by atoms with Gasteiger partial charge in [-0.05, 0) is 30.9 Å². The predicted octanol–water partition coefficient (Wildman–Crippen LogP) is 4.24. The highest BCUT2D eigenvalue weighted by atomic mass is 16.5. The number of ether oxygens (including phenoxy) is 2. The summed E-state index contributed by atoms with van der Waals surface area (Å²) >= 11 is 0. The zero-order valence-electron chi connectivity index (χ0n) is 17.5. The number of aromatic nitrogens is 3. The molecule has 0 radical (unpaired) electrons. The van der Waals surface area contributed by atoms with Crippen LogP contribution in [0, 0.1) is 0 Å². The van der Waals surface area contributed by atoms with Gasteiger partial charge in [0, 0.05) is 24.2 Å². The molecule has 0 aliphatic carbocycles. The summed E-state index contributed by atoms with van der Waals surface area (Å²) in [5.74, 6) is -0.0496. The van der Waals surface area contributed by atoms with Crippen molar-refractivity contribution in [1.82, 2.24) is 14.6 Å². The van der Waals surface area contributed by atoms with Crippen molar-refractivity contribution in [2.75, 3.05) is 25.1 Å². The topological polar surface area (TPSA) is 69.0 Å². The van der Waals surface area contributed by atoms with Crippen LogP contribution in [-0.4, -0.2) is 40.8 Å². The van der Waals surface area contributed by atoms with Crippen LogP contribution in [0.1, 0.15) is 35.3 Å². The third kappa shape index (κ3) is 3.46. The molecule has 3 heterocycles. The van der Waals surface area contributed by atoms with Crippen molar-refractivity contribution < 1.29 is 14.3 Å². The van der Waals surface area contributed by atoms with E-state index in [1.54, 1.807) is 4.52 Å². The van der Waals surface area contributed by atoms with Crippen molar-refractivity contribution in [2.45, 2.75) is 25.9 Å². The molecule has 0 amide bonds. The van der Waals surface area contributed by atoms with E-state index < -0.39 is 5.97 Å². The molecular weight excluding hydrogens is 392 g/mol. The Morgan fingerprint density at radius 3 is 2.61 bits per heavy atom. The third-order valence-electron chi connectivity index (χ3n) is 5.79. The standard InChI is InChI=1S/C24H24N4O3/c1-30-24(29)21-22(31-15-17-9-4-2-5-10-17)18-11-8-12-19(27-13-6-3-7-14-27)20(18)23-25-16-26-28(21)23/h2,4-5,8-12,16H,3,6-7,13-15H2,1H3. The third-order valence-corrected chi connectivity index (χ3v) is 5.79. The quantitative estimate of drug-likeness (QED) is 0.453. The number of esters is 1. The van der Waals surface area contributed by atoms with Gasteiger partial charge in [0.05, 0.1) is 12.5 Å². The van der Waals surface area contributed by atoms with Crippen molar-refractivity contribution in [1.29, 1.82) is 0 Å². The average Bonchev–Trinajstić information content (AvgIpc) is 3.32. The average molecular weight is 416 g/mol. The van der Waals surface area contributed by atoms with Gasteiger partial charge < -0.3 is 14.4 Å². The van der Waals surface area contributed by atoms with E-state index in [0.29, 0.717) is 18.0 Å². The van der Waals surface area contributed by atoms with Gasteiger partial charge in [0.1, 0.15) is 12.9 Å². The molecule has 0 N–H and O–H groups in total. The van der Waals surface area contributed by atoms with Crippen molar-refractivity contribution in [2.24, 2.45) is 0 Å². The monoisotopic (exact) mass is 416 g/mol. The summed E-state index contributed by atoms with van der Waals surface area (Å²) in [6.45, 7) is 2.32. The first-order chi connectivity index (χ1) is 15.3. The summed E-state index contributed by atoms with van der Waals surface area (Å²) in [7, 11) is 1.36. The lowest BCUT2D eigenvalue weighted by Crippen LogP contribution is -2.29. The Kier molecular flexibility index (Phi) is 5.16. The Morgan fingerprint density at radius 2 is 1.84 bits per heavy atom. The van der Waals surface area contributed by atoms with Crippen LogP contribution in [0.4, 0.5) is 5.69 Å². The van der Waals surface area contributed by atoms with Crippen LogP contribution in [0.5, 0.6) is 5.75 Å². The molecule has 7 heteroatoms. The van der Waals surface area contributed by atoms with Crippen molar-refractivity contribution in [3.63, 3.8) is 0 Å². The number of nitrogens with zero attached hydrogens (tertiary/aromatic N) is 4. The molecular formula is C24H24N4O3. The Bertz CT molecular complexity index is 1230. The first-order valence-electron chi connectivity index (χ1n) is 10.6. The van der Waals surface area contributed by atoms with Crippen LogP contribution >= 0.6 is 0 Å². The van der Waals surface area contributed by atoms with Gasteiger partial charge in [-0.2, -0.15) is 5.10 Å². The van der Waals surface area contributed by atoms with Crippen LogP contribution < -0.4 is 9.64 Å². The Hall–Kier alpha value is -3.61. The molecule has 0 unspecified atom stereocenters. The Balaban J connectivity index is 1.74. The lowest BCUT2D eigenvalue weighted by atomic mass is 10.0. The number of methoxy groups -OCH3 is 1. The number of carbonyl (C=O) groups excluding carboxylic acids is 1. The maximum Gasteiger partial charge on any atom is 0.360 e. The number of rotatable bonds is 5. The largest absolute Gasteiger partial charge is 0.486 e. The highest BCUT2D eigenvalue weighted by Crippen LogP contribution is 2.39. The van der Waals surface area contributed by atoms with Gasteiger partial charge in [-0.25, -0.2) is 14.3 Å². The highest BCUT2D eigenvalue weighted by Gasteiger charge is 2.26. The second-order valence-electron chi connectivity index (χ2n) is 7.69. The molecule has 7 nitrogen and oxygen atoms in total. The maximum atomic E-state index is 12.8. The second kappa shape index (κ2) is 8.26. The first kappa shape index (κ1) is 19.4. The SMILES string of the molecule is COC(=O)c1c(OCc2ccccc2)c2cccc(N3CCCCC3)c2c2ncnn12. The lowest BCUT2D eigenvalue weighted by Gasteiger charge is -2.30. The maximum absolute atomic E-state index is 12.8. The van der Waals surface area contributed by atoms with E-state index in [1.807, 2.05) is 42.5 Å². The second-order valence-corrected chi connectivity index (χ2v) is 7.69. The molecule has 0 saturated carbocycles. The number of carbonyl (C=O) groups is 1. The lowest BCUT2D eigenvalue weighted by molar-refractivity contribution is 0.0585. The zero-order valence-corrected chi connectivity index (χ0v) is 17.5. The fourth-order valence-electron chi connectivity index (χ4n) is 4.31. The summed E-state index contributed by atoms with van der Waals surface area (Å²) in [4.78, 5) is 19.7. The van der Waals surface area contributed by atoms with E-state index in [9.17, 15) is 4.79 Å². The number of piperidine rings is 1. The number of benzene rings is 2. The molecule has 1 aliphatic rings. The number of fused-ring (bicyclic) bond motifs is 3. The van der Waals surface area contributed by atoms with Crippen molar-refractivity contribution in [3.05, 3.63) is 66.1 Å². The number of anilines is 1. The van der Waals surface area contributed by atoms with E-state index in [1.165, 1.54) is 19.9 Å². The molecule has 4 aromatic rings. The van der Waals surface area contributed by atoms with Crippen LogP contribution in [-0.2, 0) is 11.3 Å². The molecule has 31 heavy (non-hydrogen) atoms. The van der Waals surface area contributed by atoms with Gasteiger partial charge in [-0.15, -0.1) is 0 Å². The van der Waals surface area contributed by atoms with Gasteiger partial charge in [0.2, 0.25) is 0 Å². The van der Waals surface area contributed by atoms with Crippen LogP contribution in [0.3, 0.4) is 0 Å². The molecule has 158 valence electrons. The normalized spacial score (nSPS) is 14.2. The predicted molar refractivity (Wildman–Crippen MR) is 119 cm³/mol.